The fourth-order valence-corrected chi connectivity index (χ4v) is 5.05. The molecule has 1 aliphatic carbocycles. The number of rotatable bonds is 6. The second kappa shape index (κ2) is 9.51. The van der Waals surface area contributed by atoms with Crippen LogP contribution in [0.5, 0.6) is 5.75 Å². The molecule has 0 bridgehead atoms. The Morgan fingerprint density at radius 1 is 1.10 bits per heavy atom. The summed E-state index contributed by atoms with van der Waals surface area (Å²) in [5, 5.41) is 10.6. The van der Waals surface area contributed by atoms with Crippen LogP contribution in [-0.4, -0.2) is 44.6 Å². The van der Waals surface area contributed by atoms with Gasteiger partial charge in [0.15, 0.2) is 8.32 Å². The first-order valence-corrected chi connectivity index (χ1v) is 13.8. The van der Waals surface area contributed by atoms with Gasteiger partial charge in [-0.15, -0.1) is 0 Å². The van der Waals surface area contributed by atoms with Crippen molar-refractivity contribution in [1.82, 2.24) is 0 Å². The number of carbonyl (C=O) groups excluding carboxylic acids is 1. The van der Waals surface area contributed by atoms with Crippen molar-refractivity contribution in [3.63, 3.8) is 0 Å². The average molecular weight is 437 g/mol. The third kappa shape index (κ3) is 6.16. The Labute approximate surface area is 183 Å². The maximum Gasteiger partial charge on any atom is 0.192 e. The summed E-state index contributed by atoms with van der Waals surface area (Å²) in [4.78, 5) is 12.5. The highest BCUT2D eigenvalue weighted by Crippen LogP contribution is 2.43. The zero-order valence-corrected chi connectivity index (χ0v) is 21.0. The maximum atomic E-state index is 12.5. The fraction of sp³-hybridized carbons (Fsp3) is 0.708. The SMILES string of the molecule is COc1ccc(CO[C@H]2CC(=O)CC(O)C[C@H](O[Si](C)(C)C(C)(C)C)C2(C)C)cc1. The largest absolute Gasteiger partial charge is 0.497 e. The van der Waals surface area contributed by atoms with Gasteiger partial charge in [-0.1, -0.05) is 46.8 Å². The van der Waals surface area contributed by atoms with E-state index >= 15 is 0 Å². The Hall–Kier alpha value is -1.21. The van der Waals surface area contributed by atoms with E-state index in [-0.39, 0.29) is 35.9 Å². The number of aliphatic hydroxyl groups excluding tert-OH is 1. The van der Waals surface area contributed by atoms with E-state index in [2.05, 4.69) is 47.7 Å². The number of hydrogen-bond acceptors (Lipinski definition) is 5. The molecule has 1 aromatic carbocycles. The van der Waals surface area contributed by atoms with Crippen LogP contribution in [0.2, 0.25) is 18.1 Å². The molecule has 1 saturated carbocycles. The van der Waals surface area contributed by atoms with Crippen LogP contribution in [0.15, 0.2) is 24.3 Å². The van der Waals surface area contributed by atoms with Gasteiger partial charge in [0.05, 0.1) is 32.0 Å². The summed E-state index contributed by atoms with van der Waals surface area (Å²) < 4.78 is 18.3. The van der Waals surface area contributed by atoms with Crippen molar-refractivity contribution >= 4 is 14.1 Å². The maximum absolute atomic E-state index is 12.5. The smallest absolute Gasteiger partial charge is 0.192 e. The highest BCUT2D eigenvalue weighted by molar-refractivity contribution is 6.74. The van der Waals surface area contributed by atoms with Gasteiger partial charge in [-0.25, -0.2) is 0 Å². The molecular formula is C24H40O5Si. The first kappa shape index (κ1) is 25.1. The van der Waals surface area contributed by atoms with Gasteiger partial charge in [-0.2, -0.15) is 0 Å². The summed E-state index contributed by atoms with van der Waals surface area (Å²) in [7, 11) is -0.415. The molecule has 0 spiro atoms. The molecule has 5 nitrogen and oxygen atoms in total. The Kier molecular flexibility index (Phi) is 7.94. The van der Waals surface area contributed by atoms with Gasteiger partial charge < -0.3 is 19.0 Å². The lowest BCUT2D eigenvalue weighted by Gasteiger charge is -2.48. The van der Waals surface area contributed by atoms with Gasteiger partial charge in [-0.3, -0.25) is 4.79 Å². The molecule has 0 aromatic heterocycles. The molecule has 0 amide bonds. The van der Waals surface area contributed by atoms with Gasteiger partial charge in [0.1, 0.15) is 11.5 Å². The van der Waals surface area contributed by atoms with Crippen molar-refractivity contribution in [1.29, 1.82) is 0 Å². The number of Topliss-reactive ketones (excluding diaryl/α,β-unsaturated/α-hetero) is 1. The molecule has 0 radical (unpaired) electrons. The van der Waals surface area contributed by atoms with Gasteiger partial charge in [0.2, 0.25) is 0 Å². The summed E-state index contributed by atoms with van der Waals surface area (Å²) in [5.41, 5.74) is 0.613. The zero-order chi connectivity index (χ0) is 22.7. The summed E-state index contributed by atoms with van der Waals surface area (Å²) in [6.45, 7) is 15.7. The zero-order valence-electron chi connectivity index (χ0n) is 20.0. The summed E-state index contributed by atoms with van der Waals surface area (Å²) in [6, 6.07) is 7.77. The third-order valence-corrected chi connectivity index (χ3v) is 11.4. The first-order chi connectivity index (χ1) is 13.8. The van der Waals surface area contributed by atoms with E-state index in [4.69, 9.17) is 13.9 Å². The lowest BCUT2D eigenvalue weighted by Crippen LogP contribution is -2.54. The molecule has 0 aliphatic heterocycles. The van der Waals surface area contributed by atoms with Crippen molar-refractivity contribution < 1.29 is 23.8 Å². The number of benzene rings is 1. The van der Waals surface area contributed by atoms with Crippen LogP contribution in [0.4, 0.5) is 0 Å². The van der Waals surface area contributed by atoms with Crippen LogP contribution in [0.3, 0.4) is 0 Å². The van der Waals surface area contributed by atoms with Crippen LogP contribution in [0, 0.1) is 5.41 Å². The van der Waals surface area contributed by atoms with Crippen LogP contribution < -0.4 is 4.74 Å². The lowest BCUT2D eigenvalue weighted by atomic mass is 9.74. The van der Waals surface area contributed by atoms with E-state index in [0.717, 1.165) is 11.3 Å². The number of ketones is 1. The summed E-state index contributed by atoms with van der Waals surface area (Å²) in [5.74, 6) is 0.845. The second-order valence-electron chi connectivity index (χ2n) is 10.7. The number of hydrogen-bond donors (Lipinski definition) is 1. The Morgan fingerprint density at radius 2 is 1.70 bits per heavy atom. The third-order valence-electron chi connectivity index (χ3n) is 6.88. The lowest BCUT2D eigenvalue weighted by molar-refractivity contribution is -0.140. The molecular weight excluding hydrogens is 396 g/mol. The number of carbonyl (C=O) groups is 1. The molecule has 3 atom stereocenters. The second-order valence-corrected chi connectivity index (χ2v) is 15.4. The highest BCUT2D eigenvalue weighted by atomic mass is 28.4. The normalized spacial score (nSPS) is 25.5. The topological polar surface area (TPSA) is 65.0 Å². The predicted octanol–water partition coefficient (Wildman–Crippen LogP) is 5.11. The monoisotopic (exact) mass is 436 g/mol. The standard InChI is InChI=1S/C24H40O5Si/c1-23(2,3)30(7,8)29-22-15-19(26)13-18(25)14-21(24(22,4)5)28-16-17-9-11-20(27-6)12-10-17/h9-12,19,21-22,26H,13-16H2,1-8H3/t19?,21-,22-/m0/s1. The molecule has 1 N–H and O–H groups in total. The minimum Gasteiger partial charge on any atom is -0.497 e. The molecule has 0 saturated heterocycles. The molecule has 0 heterocycles. The van der Waals surface area contributed by atoms with Gasteiger partial charge in [-0.05, 0) is 42.2 Å². The van der Waals surface area contributed by atoms with E-state index in [1.54, 1.807) is 7.11 Å². The Balaban J connectivity index is 2.24. The van der Waals surface area contributed by atoms with E-state index < -0.39 is 19.8 Å². The molecule has 6 heteroatoms. The van der Waals surface area contributed by atoms with Gasteiger partial charge >= 0.3 is 0 Å². The molecule has 1 unspecified atom stereocenters. The minimum atomic E-state index is -2.06. The van der Waals surface area contributed by atoms with Crippen LogP contribution in [0.1, 0.15) is 59.4 Å². The van der Waals surface area contributed by atoms with Gasteiger partial charge in [0, 0.05) is 18.3 Å². The van der Waals surface area contributed by atoms with E-state index in [9.17, 15) is 9.90 Å². The number of aliphatic hydroxyl groups is 1. The molecule has 1 aliphatic rings. The predicted molar refractivity (Wildman–Crippen MR) is 122 cm³/mol. The quantitative estimate of drug-likeness (QED) is 0.628. The van der Waals surface area contributed by atoms with Crippen LogP contribution in [-0.2, 0) is 20.6 Å². The first-order valence-electron chi connectivity index (χ1n) is 10.9. The van der Waals surface area contributed by atoms with E-state index in [0.29, 0.717) is 13.0 Å². The van der Waals surface area contributed by atoms with Crippen LogP contribution >= 0.6 is 0 Å². The van der Waals surface area contributed by atoms with Gasteiger partial charge in [0.25, 0.3) is 0 Å². The molecule has 170 valence electrons. The van der Waals surface area contributed by atoms with Crippen molar-refractivity contribution in [2.45, 2.75) is 96.9 Å². The fourth-order valence-electron chi connectivity index (χ4n) is 3.58. The van der Waals surface area contributed by atoms with E-state index in [1.807, 2.05) is 24.3 Å². The number of ether oxygens (including phenoxy) is 2. The van der Waals surface area contributed by atoms with Crippen molar-refractivity contribution in [2.24, 2.45) is 5.41 Å². The van der Waals surface area contributed by atoms with Crippen LogP contribution in [0.25, 0.3) is 0 Å². The van der Waals surface area contributed by atoms with Crippen molar-refractivity contribution in [3.05, 3.63) is 29.8 Å². The van der Waals surface area contributed by atoms with Crippen molar-refractivity contribution in [2.75, 3.05) is 7.11 Å². The molecule has 2 rings (SSSR count). The summed E-state index contributed by atoms with van der Waals surface area (Å²) in [6.07, 6.45) is -0.230. The molecule has 30 heavy (non-hydrogen) atoms. The Morgan fingerprint density at radius 3 is 2.23 bits per heavy atom. The van der Waals surface area contributed by atoms with E-state index in [1.165, 1.54) is 0 Å². The average Bonchev–Trinajstić information content (AvgIpc) is 2.63. The highest BCUT2D eigenvalue weighted by Gasteiger charge is 2.47. The van der Waals surface area contributed by atoms with Crippen molar-refractivity contribution in [3.8, 4) is 5.75 Å². The molecule has 1 fully saturated rings. The molecule has 1 aromatic rings. The number of methoxy groups -OCH3 is 1. The summed E-state index contributed by atoms with van der Waals surface area (Å²) >= 11 is 0. The Bertz CT molecular complexity index is 705. The minimum absolute atomic E-state index is 0.0427.